The van der Waals surface area contributed by atoms with Crippen molar-refractivity contribution in [1.29, 1.82) is 0 Å². The molecule has 1 aliphatic heterocycles. The number of nitrogens with zero attached hydrogens (tertiary/aromatic N) is 2. The second-order valence-electron chi connectivity index (χ2n) is 4.68. The maximum atomic E-state index is 12.0. The van der Waals surface area contributed by atoms with Gasteiger partial charge in [0, 0.05) is 0 Å². The van der Waals surface area contributed by atoms with Gasteiger partial charge in [-0.25, -0.2) is 9.36 Å². The van der Waals surface area contributed by atoms with Gasteiger partial charge in [0.05, 0.1) is 6.61 Å². The van der Waals surface area contributed by atoms with E-state index in [0.29, 0.717) is 0 Å². The molecule has 0 amide bonds. The number of nitrogens with one attached hydrogen (secondary N) is 2. The molecule has 1 saturated heterocycles. The number of rotatable bonds is 2. The van der Waals surface area contributed by atoms with Crippen LogP contribution in [0.3, 0.4) is 0 Å². The summed E-state index contributed by atoms with van der Waals surface area (Å²) >= 11 is 0. The van der Waals surface area contributed by atoms with Crippen LogP contribution in [0, 0.1) is 0 Å². The van der Waals surface area contributed by atoms with Crippen molar-refractivity contribution in [2.75, 3.05) is 12.3 Å². The predicted molar refractivity (Wildman–Crippen MR) is 68.4 cm³/mol. The molecular formula is C10H13N5O6. The number of H-pyrrole nitrogens is 2. The molecule has 0 radical (unpaired) electrons. The molecule has 0 saturated carbocycles. The molecule has 3 heterocycles. The number of aromatic amines is 2. The first-order valence-corrected chi connectivity index (χ1v) is 6.06. The fourth-order valence-corrected chi connectivity index (χ4v) is 2.36. The molecule has 2 aromatic heterocycles. The minimum absolute atomic E-state index is 0.115. The number of aromatic nitrogens is 4. The monoisotopic (exact) mass is 299 g/mol. The molecule has 11 nitrogen and oxygen atoms in total. The second kappa shape index (κ2) is 4.66. The standard InChI is InChI=1S/C10H13N5O6/c11-9-13-6-3(7(19)14-9)12-10(20)15(6)8-5(18)4(17)2(1-16)21-8/h2,4-5,8,16-18H,1H2,(H,12,20)(H3,11,13,14,19)/t2-,4-,5-,8+/m1/s1. The minimum atomic E-state index is -1.47. The van der Waals surface area contributed by atoms with Crippen LogP contribution >= 0.6 is 0 Å². The fraction of sp³-hybridized carbons (Fsp3) is 0.500. The summed E-state index contributed by atoms with van der Waals surface area (Å²) in [7, 11) is 0. The number of anilines is 1. The van der Waals surface area contributed by atoms with E-state index < -0.39 is 42.4 Å². The summed E-state index contributed by atoms with van der Waals surface area (Å²) in [6, 6.07) is 0. The summed E-state index contributed by atoms with van der Waals surface area (Å²) in [6.45, 7) is -0.540. The molecule has 3 rings (SSSR count). The Balaban J connectivity index is 2.20. The highest BCUT2D eigenvalue weighted by Gasteiger charge is 2.44. The van der Waals surface area contributed by atoms with Crippen molar-refractivity contribution in [3.8, 4) is 0 Å². The van der Waals surface area contributed by atoms with Gasteiger partial charge in [-0.15, -0.1) is 0 Å². The third kappa shape index (κ3) is 1.94. The third-order valence-electron chi connectivity index (χ3n) is 3.37. The van der Waals surface area contributed by atoms with Gasteiger partial charge in [-0.1, -0.05) is 0 Å². The van der Waals surface area contributed by atoms with E-state index in [4.69, 9.17) is 15.6 Å². The third-order valence-corrected chi connectivity index (χ3v) is 3.37. The Morgan fingerprint density at radius 1 is 1.29 bits per heavy atom. The van der Waals surface area contributed by atoms with E-state index in [9.17, 15) is 19.8 Å². The maximum absolute atomic E-state index is 12.0. The second-order valence-corrected chi connectivity index (χ2v) is 4.68. The Kier molecular flexibility index (Phi) is 3.06. The van der Waals surface area contributed by atoms with Gasteiger partial charge in [-0.3, -0.25) is 14.8 Å². The molecule has 0 unspecified atom stereocenters. The summed E-state index contributed by atoms with van der Waals surface area (Å²) in [4.78, 5) is 32.0. The van der Waals surface area contributed by atoms with Crippen molar-refractivity contribution in [3.63, 3.8) is 0 Å². The molecule has 0 spiro atoms. The number of hydrogen-bond donors (Lipinski definition) is 6. The highest BCUT2D eigenvalue weighted by Crippen LogP contribution is 2.29. The number of imidazole rings is 1. The lowest BCUT2D eigenvalue weighted by Gasteiger charge is -2.15. The van der Waals surface area contributed by atoms with Crippen LogP contribution in [-0.2, 0) is 4.74 Å². The SMILES string of the molecule is Nc1nc2c([nH]c(=O)n2[C@H]2O[C@H](CO)[C@@H](O)[C@H]2O)c(=O)[nH]1. The van der Waals surface area contributed by atoms with Crippen LogP contribution in [0.15, 0.2) is 9.59 Å². The normalized spacial score (nSPS) is 29.3. The van der Waals surface area contributed by atoms with E-state index in [1.54, 1.807) is 0 Å². The molecule has 11 heteroatoms. The van der Waals surface area contributed by atoms with Crippen molar-refractivity contribution in [3.05, 3.63) is 20.8 Å². The number of ether oxygens (including phenoxy) is 1. The average Bonchev–Trinajstić information content (AvgIpc) is 2.89. The number of aliphatic hydroxyl groups excluding tert-OH is 3. The maximum Gasteiger partial charge on any atom is 0.330 e. The zero-order valence-corrected chi connectivity index (χ0v) is 10.6. The van der Waals surface area contributed by atoms with Crippen LogP contribution in [0.2, 0.25) is 0 Å². The topological polar surface area (TPSA) is 179 Å². The summed E-state index contributed by atoms with van der Waals surface area (Å²) in [5.74, 6) is -0.216. The lowest BCUT2D eigenvalue weighted by Crippen LogP contribution is -2.35. The molecule has 0 bridgehead atoms. The van der Waals surface area contributed by atoms with Crippen molar-refractivity contribution in [2.45, 2.75) is 24.5 Å². The average molecular weight is 299 g/mol. The largest absolute Gasteiger partial charge is 0.394 e. The van der Waals surface area contributed by atoms with Crippen LogP contribution in [0.1, 0.15) is 6.23 Å². The Morgan fingerprint density at radius 2 is 2.00 bits per heavy atom. The fourth-order valence-electron chi connectivity index (χ4n) is 2.36. The molecule has 1 fully saturated rings. The van der Waals surface area contributed by atoms with Crippen LogP contribution in [0.5, 0.6) is 0 Å². The Bertz CT molecular complexity index is 793. The highest BCUT2D eigenvalue weighted by atomic mass is 16.6. The van der Waals surface area contributed by atoms with E-state index in [-0.39, 0.29) is 17.1 Å². The van der Waals surface area contributed by atoms with E-state index in [1.807, 2.05) is 0 Å². The number of hydrogen-bond acceptors (Lipinski definition) is 8. The van der Waals surface area contributed by atoms with Gasteiger partial charge in [0.1, 0.15) is 18.3 Å². The smallest absolute Gasteiger partial charge is 0.330 e. The van der Waals surface area contributed by atoms with E-state index >= 15 is 0 Å². The van der Waals surface area contributed by atoms with Crippen molar-refractivity contribution in [2.24, 2.45) is 0 Å². The van der Waals surface area contributed by atoms with Crippen molar-refractivity contribution >= 4 is 17.1 Å². The molecule has 1 aliphatic rings. The van der Waals surface area contributed by atoms with Crippen LogP contribution < -0.4 is 17.0 Å². The van der Waals surface area contributed by atoms with Crippen LogP contribution in [-0.4, -0.2) is 59.8 Å². The first-order valence-electron chi connectivity index (χ1n) is 6.06. The van der Waals surface area contributed by atoms with E-state index in [2.05, 4.69) is 15.0 Å². The Labute approximate surface area is 115 Å². The van der Waals surface area contributed by atoms with Gasteiger partial charge in [0.25, 0.3) is 5.56 Å². The molecular weight excluding hydrogens is 286 g/mol. The first kappa shape index (κ1) is 13.8. The van der Waals surface area contributed by atoms with Gasteiger partial charge in [0.15, 0.2) is 17.4 Å². The van der Waals surface area contributed by atoms with Gasteiger partial charge in [0.2, 0.25) is 5.95 Å². The molecule has 21 heavy (non-hydrogen) atoms. The zero-order valence-electron chi connectivity index (χ0n) is 10.6. The minimum Gasteiger partial charge on any atom is -0.394 e. The van der Waals surface area contributed by atoms with E-state index in [1.165, 1.54) is 0 Å². The van der Waals surface area contributed by atoms with E-state index in [0.717, 1.165) is 4.57 Å². The highest BCUT2D eigenvalue weighted by molar-refractivity contribution is 5.70. The Morgan fingerprint density at radius 3 is 2.62 bits per heavy atom. The van der Waals surface area contributed by atoms with Gasteiger partial charge >= 0.3 is 5.69 Å². The van der Waals surface area contributed by atoms with Gasteiger partial charge in [-0.2, -0.15) is 4.98 Å². The molecule has 0 aromatic carbocycles. The van der Waals surface area contributed by atoms with Crippen LogP contribution in [0.4, 0.5) is 5.95 Å². The molecule has 4 atom stereocenters. The van der Waals surface area contributed by atoms with Gasteiger partial charge in [-0.05, 0) is 0 Å². The number of fused-ring (bicyclic) bond motifs is 1. The molecule has 114 valence electrons. The Hall–Kier alpha value is -2.21. The molecule has 0 aliphatic carbocycles. The molecule has 7 N–H and O–H groups in total. The summed E-state index contributed by atoms with van der Waals surface area (Å²) < 4.78 is 6.13. The molecule has 2 aromatic rings. The van der Waals surface area contributed by atoms with Gasteiger partial charge < -0.3 is 25.8 Å². The lowest BCUT2D eigenvalue weighted by atomic mass is 10.1. The van der Waals surface area contributed by atoms with Crippen LogP contribution in [0.25, 0.3) is 11.2 Å². The first-order chi connectivity index (χ1) is 9.93. The summed E-state index contributed by atoms with van der Waals surface area (Å²) in [5, 5.41) is 28.7. The number of nitrogens with two attached hydrogens (primary N) is 1. The lowest BCUT2D eigenvalue weighted by molar-refractivity contribution is -0.0524. The number of aliphatic hydroxyl groups is 3. The quantitative estimate of drug-likeness (QED) is 0.332. The predicted octanol–water partition coefficient (Wildman–Crippen LogP) is -3.39. The van der Waals surface area contributed by atoms with Crippen molar-refractivity contribution in [1.82, 2.24) is 19.5 Å². The zero-order chi connectivity index (χ0) is 15.3. The number of nitrogen functional groups attached to an aromatic ring is 1. The van der Waals surface area contributed by atoms with Crippen molar-refractivity contribution < 1.29 is 20.1 Å². The summed E-state index contributed by atoms with van der Waals surface area (Å²) in [6.07, 6.45) is -5.20. The summed E-state index contributed by atoms with van der Waals surface area (Å²) in [5.41, 5.74) is 3.77.